The molecule has 1 aromatic heterocycles. The van der Waals surface area contributed by atoms with Crippen molar-refractivity contribution in [3.8, 4) is 0 Å². The van der Waals surface area contributed by atoms with Gasteiger partial charge in [-0.1, -0.05) is 0 Å². The minimum Gasteiger partial charge on any atom is -0.481 e. The fraction of sp³-hybridized carbons (Fsp3) is 0.500. The molecule has 0 spiro atoms. The number of carbonyl (C=O) groups excluding carboxylic acids is 1. The van der Waals surface area contributed by atoms with Gasteiger partial charge in [-0.25, -0.2) is 13.2 Å². The number of ether oxygens (including phenoxy) is 1. The predicted molar refractivity (Wildman–Crippen MR) is 69.2 cm³/mol. The predicted octanol–water partition coefficient (Wildman–Crippen LogP) is 0.552. The third kappa shape index (κ3) is 3.08. The molecule has 1 atom stereocenters. The molecule has 1 aliphatic rings. The van der Waals surface area contributed by atoms with Crippen LogP contribution in [-0.2, 0) is 19.6 Å². The summed E-state index contributed by atoms with van der Waals surface area (Å²) in [5, 5.41) is 8.51. The lowest BCUT2D eigenvalue weighted by Crippen LogP contribution is -2.29. The number of rotatable bonds is 5. The lowest BCUT2D eigenvalue weighted by atomic mass is 10.1. The molecular weight excluding hydrogens is 302 g/mol. The average Bonchev–Trinajstić information content (AvgIpc) is 3.09. The van der Waals surface area contributed by atoms with Crippen LogP contribution in [0.1, 0.15) is 23.9 Å². The zero-order chi connectivity index (χ0) is 15.6. The maximum Gasteiger partial charge on any atom is 0.374 e. The van der Waals surface area contributed by atoms with Gasteiger partial charge in [0.25, 0.3) is 10.0 Å². The van der Waals surface area contributed by atoms with E-state index in [0.717, 1.165) is 10.4 Å². The first kappa shape index (κ1) is 15.5. The molecule has 0 radical (unpaired) electrons. The van der Waals surface area contributed by atoms with Gasteiger partial charge in [-0.3, -0.25) is 4.79 Å². The van der Waals surface area contributed by atoms with Gasteiger partial charge in [-0.2, -0.15) is 4.31 Å². The first-order chi connectivity index (χ1) is 9.86. The molecule has 0 aliphatic carbocycles. The van der Waals surface area contributed by atoms with E-state index in [1.807, 2.05) is 0 Å². The van der Waals surface area contributed by atoms with Crippen LogP contribution < -0.4 is 0 Å². The van der Waals surface area contributed by atoms with Crippen LogP contribution in [0.5, 0.6) is 0 Å². The Morgan fingerprint density at radius 1 is 1.48 bits per heavy atom. The van der Waals surface area contributed by atoms with E-state index in [0.29, 0.717) is 0 Å². The van der Waals surface area contributed by atoms with Gasteiger partial charge in [0.05, 0.1) is 12.5 Å². The van der Waals surface area contributed by atoms with Gasteiger partial charge in [0.2, 0.25) is 10.9 Å². The molecule has 0 bridgehead atoms. The molecule has 1 aliphatic heterocycles. The second kappa shape index (κ2) is 5.86. The highest BCUT2D eigenvalue weighted by atomic mass is 32.2. The maximum atomic E-state index is 12.3. The normalized spacial score (nSPS) is 19.6. The molecule has 0 amide bonds. The molecule has 2 rings (SSSR count). The van der Waals surface area contributed by atoms with Crippen molar-refractivity contribution >= 4 is 22.0 Å². The number of carboxylic acid groups (broad SMARTS) is 1. The van der Waals surface area contributed by atoms with E-state index < -0.39 is 33.0 Å². The van der Waals surface area contributed by atoms with E-state index in [4.69, 9.17) is 14.3 Å². The summed E-state index contributed by atoms with van der Waals surface area (Å²) in [7, 11) is -3.94. The maximum absolute atomic E-state index is 12.3. The van der Waals surface area contributed by atoms with E-state index in [1.165, 1.54) is 6.07 Å². The number of nitrogens with zero attached hydrogens (tertiary/aromatic N) is 1. The van der Waals surface area contributed by atoms with Gasteiger partial charge >= 0.3 is 11.9 Å². The van der Waals surface area contributed by atoms with Crippen LogP contribution >= 0.6 is 0 Å². The van der Waals surface area contributed by atoms with Gasteiger partial charge in [-0.15, -0.1) is 0 Å². The van der Waals surface area contributed by atoms with Gasteiger partial charge in [-0.05, 0) is 25.5 Å². The van der Waals surface area contributed by atoms with E-state index in [-0.39, 0.29) is 31.9 Å². The molecular formula is C12H15NO7S. The Morgan fingerprint density at radius 2 is 2.19 bits per heavy atom. The van der Waals surface area contributed by atoms with Crippen molar-refractivity contribution < 1.29 is 32.3 Å². The number of carbonyl (C=O) groups is 2. The summed E-state index contributed by atoms with van der Waals surface area (Å²) in [6, 6.07) is 2.38. The topological polar surface area (TPSA) is 114 Å². The number of hydrogen-bond donors (Lipinski definition) is 1. The lowest BCUT2D eigenvalue weighted by Gasteiger charge is -2.13. The molecule has 0 aromatic carbocycles. The third-order valence-corrected chi connectivity index (χ3v) is 4.89. The van der Waals surface area contributed by atoms with Crippen LogP contribution in [-0.4, -0.2) is 49.5 Å². The Morgan fingerprint density at radius 3 is 2.76 bits per heavy atom. The fourth-order valence-electron chi connectivity index (χ4n) is 2.05. The Balaban J connectivity index is 2.17. The Labute approximate surface area is 121 Å². The number of sulfonamides is 1. The first-order valence-electron chi connectivity index (χ1n) is 6.36. The monoisotopic (exact) mass is 317 g/mol. The van der Waals surface area contributed by atoms with Crippen LogP contribution in [0.2, 0.25) is 0 Å². The Hall–Kier alpha value is -1.87. The van der Waals surface area contributed by atoms with Crippen molar-refractivity contribution in [2.45, 2.75) is 18.4 Å². The second-order valence-electron chi connectivity index (χ2n) is 4.53. The highest BCUT2D eigenvalue weighted by molar-refractivity contribution is 7.89. The fourth-order valence-corrected chi connectivity index (χ4v) is 3.46. The zero-order valence-corrected chi connectivity index (χ0v) is 12.1. The smallest absolute Gasteiger partial charge is 0.374 e. The van der Waals surface area contributed by atoms with E-state index >= 15 is 0 Å². The molecule has 2 heterocycles. The molecule has 0 saturated carbocycles. The molecule has 1 saturated heterocycles. The van der Waals surface area contributed by atoms with Crippen molar-refractivity contribution in [2.24, 2.45) is 5.92 Å². The number of aliphatic carboxylic acids is 1. The van der Waals surface area contributed by atoms with E-state index in [1.54, 1.807) is 6.92 Å². The third-order valence-electron chi connectivity index (χ3n) is 3.15. The highest BCUT2D eigenvalue weighted by Crippen LogP contribution is 2.25. The number of esters is 1. The quantitative estimate of drug-likeness (QED) is 0.789. The Kier molecular flexibility index (Phi) is 4.33. The van der Waals surface area contributed by atoms with Gasteiger partial charge in [0.1, 0.15) is 0 Å². The van der Waals surface area contributed by atoms with Crippen LogP contribution in [0.4, 0.5) is 0 Å². The van der Waals surface area contributed by atoms with Crippen molar-refractivity contribution in [1.82, 2.24) is 4.31 Å². The second-order valence-corrected chi connectivity index (χ2v) is 6.39. The Bertz CT molecular complexity index is 648. The summed E-state index contributed by atoms with van der Waals surface area (Å²) in [5.74, 6) is -2.70. The molecule has 8 nitrogen and oxygen atoms in total. The molecule has 1 unspecified atom stereocenters. The van der Waals surface area contributed by atoms with E-state index in [2.05, 4.69) is 0 Å². The average molecular weight is 317 g/mol. The number of carboxylic acids is 1. The molecule has 116 valence electrons. The number of furan rings is 1. The minimum absolute atomic E-state index is 0.104. The zero-order valence-electron chi connectivity index (χ0n) is 11.3. The molecule has 21 heavy (non-hydrogen) atoms. The summed E-state index contributed by atoms with van der Waals surface area (Å²) >= 11 is 0. The summed E-state index contributed by atoms with van der Waals surface area (Å²) in [5.41, 5.74) is 0. The molecule has 1 aromatic rings. The molecule has 1 N–H and O–H groups in total. The first-order valence-corrected chi connectivity index (χ1v) is 7.80. The van der Waals surface area contributed by atoms with Gasteiger partial charge in [0.15, 0.2) is 0 Å². The van der Waals surface area contributed by atoms with Crippen LogP contribution in [0.15, 0.2) is 21.6 Å². The van der Waals surface area contributed by atoms with E-state index in [9.17, 15) is 18.0 Å². The number of hydrogen-bond acceptors (Lipinski definition) is 6. The van der Waals surface area contributed by atoms with Crippen molar-refractivity contribution in [3.05, 3.63) is 17.9 Å². The van der Waals surface area contributed by atoms with Gasteiger partial charge in [0, 0.05) is 13.1 Å². The minimum atomic E-state index is -3.94. The summed E-state index contributed by atoms with van der Waals surface area (Å²) in [4.78, 5) is 22.3. The SMILES string of the molecule is CCOC(=O)c1ccc(S(=O)(=O)N2CCC(C(=O)O)C2)o1. The van der Waals surface area contributed by atoms with Crippen molar-refractivity contribution in [2.75, 3.05) is 19.7 Å². The van der Waals surface area contributed by atoms with Crippen LogP contribution in [0, 0.1) is 5.92 Å². The summed E-state index contributed by atoms with van der Waals surface area (Å²) in [6.45, 7) is 1.77. The van der Waals surface area contributed by atoms with Crippen LogP contribution in [0.25, 0.3) is 0 Å². The largest absolute Gasteiger partial charge is 0.481 e. The molecule has 1 fully saturated rings. The standard InChI is InChI=1S/C12H15NO7S/c1-2-19-12(16)9-3-4-10(20-9)21(17,18)13-6-5-8(7-13)11(14)15/h3-4,8H,2,5-7H2,1H3,(H,14,15). The summed E-state index contributed by atoms with van der Waals surface area (Å²) < 4.78 is 35.3. The van der Waals surface area contributed by atoms with Gasteiger partial charge < -0.3 is 14.3 Å². The van der Waals surface area contributed by atoms with Crippen molar-refractivity contribution in [1.29, 1.82) is 0 Å². The van der Waals surface area contributed by atoms with Crippen molar-refractivity contribution in [3.63, 3.8) is 0 Å². The highest BCUT2D eigenvalue weighted by Gasteiger charge is 2.37. The lowest BCUT2D eigenvalue weighted by molar-refractivity contribution is -0.141. The summed E-state index contributed by atoms with van der Waals surface area (Å²) in [6.07, 6.45) is 0.250. The van der Waals surface area contributed by atoms with Crippen LogP contribution in [0.3, 0.4) is 0 Å². The molecule has 9 heteroatoms.